The van der Waals surface area contributed by atoms with Gasteiger partial charge >= 0.3 is 0 Å². The lowest BCUT2D eigenvalue weighted by molar-refractivity contribution is -0.123. The van der Waals surface area contributed by atoms with Crippen LogP contribution < -0.4 is 15.5 Å². The van der Waals surface area contributed by atoms with E-state index in [0.29, 0.717) is 13.2 Å². The summed E-state index contributed by atoms with van der Waals surface area (Å²) in [5.41, 5.74) is 2.15. The SMILES string of the molecule is Cc1cc(Nc2ccc(NC(=O)C(C)(C)C)cc2)nc(N2CCOCC2)n1. The quantitative estimate of drug-likeness (QED) is 0.860. The van der Waals surface area contributed by atoms with E-state index >= 15 is 0 Å². The van der Waals surface area contributed by atoms with Crippen LogP contribution in [-0.4, -0.2) is 42.2 Å². The van der Waals surface area contributed by atoms with Crippen molar-refractivity contribution in [3.8, 4) is 0 Å². The summed E-state index contributed by atoms with van der Waals surface area (Å²) in [5, 5.41) is 6.24. The highest BCUT2D eigenvalue weighted by molar-refractivity contribution is 5.94. The monoisotopic (exact) mass is 369 g/mol. The number of nitrogens with zero attached hydrogens (tertiary/aromatic N) is 3. The number of anilines is 4. The van der Waals surface area contributed by atoms with E-state index in [1.165, 1.54) is 0 Å². The van der Waals surface area contributed by atoms with Crippen molar-refractivity contribution in [3.63, 3.8) is 0 Å². The molecule has 0 radical (unpaired) electrons. The summed E-state index contributed by atoms with van der Waals surface area (Å²) in [6.45, 7) is 10.6. The molecule has 1 fully saturated rings. The van der Waals surface area contributed by atoms with Crippen molar-refractivity contribution in [2.45, 2.75) is 27.7 Å². The first kappa shape index (κ1) is 19.1. The Labute approximate surface area is 160 Å². The predicted molar refractivity (Wildman–Crippen MR) is 108 cm³/mol. The molecule has 3 rings (SSSR count). The summed E-state index contributed by atoms with van der Waals surface area (Å²) in [6, 6.07) is 9.51. The largest absolute Gasteiger partial charge is 0.378 e. The molecule has 1 aromatic heterocycles. The van der Waals surface area contributed by atoms with Gasteiger partial charge in [-0.2, -0.15) is 4.98 Å². The normalized spacial score (nSPS) is 14.7. The first-order chi connectivity index (χ1) is 12.8. The number of benzene rings is 1. The molecule has 0 saturated carbocycles. The molecule has 7 nitrogen and oxygen atoms in total. The molecule has 1 saturated heterocycles. The first-order valence-electron chi connectivity index (χ1n) is 9.18. The number of carbonyl (C=O) groups excluding carboxylic acids is 1. The number of rotatable bonds is 4. The average Bonchev–Trinajstić information content (AvgIpc) is 2.63. The molecule has 0 unspecified atom stereocenters. The van der Waals surface area contributed by atoms with Crippen molar-refractivity contribution in [2.75, 3.05) is 41.8 Å². The van der Waals surface area contributed by atoms with Gasteiger partial charge in [-0.15, -0.1) is 0 Å². The molecule has 0 aliphatic carbocycles. The van der Waals surface area contributed by atoms with Crippen LogP contribution in [0.5, 0.6) is 0 Å². The van der Waals surface area contributed by atoms with Crippen molar-refractivity contribution >= 4 is 29.0 Å². The van der Waals surface area contributed by atoms with Crippen molar-refractivity contribution in [1.29, 1.82) is 0 Å². The Balaban J connectivity index is 1.70. The molecule has 1 aromatic carbocycles. The number of hydrogen-bond donors (Lipinski definition) is 2. The first-order valence-corrected chi connectivity index (χ1v) is 9.18. The maximum Gasteiger partial charge on any atom is 0.229 e. The third kappa shape index (κ3) is 5.17. The minimum absolute atomic E-state index is 0.00946. The zero-order valence-electron chi connectivity index (χ0n) is 16.4. The Kier molecular flexibility index (Phi) is 5.60. The Morgan fingerprint density at radius 1 is 1.07 bits per heavy atom. The molecule has 0 bridgehead atoms. The van der Waals surface area contributed by atoms with Gasteiger partial charge in [0.05, 0.1) is 13.2 Å². The number of nitrogens with one attached hydrogen (secondary N) is 2. The van der Waals surface area contributed by atoms with Gasteiger partial charge in [0.25, 0.3) is 0 Å². The lowest BCUT2D eigenvalue weighted by atomic mass is 9.95. The Bertz CT molecular complexity index is 793. The number of ether oxygens (including phenoxy) is 1. The van der Waals surface area contributed by atoms with Crippen LogP contribution in [-0.2, 0) is 9.53 Å². The van der Waals surface area contributed by atoms with Gasteiger partial charge in [0.1, 0.15) is 5.82 Å². The Morgan fingerprint density at radius 3 is 2.33 bits per heavy atom. The maximum absolute atomic E-state index is 12.1. The highest BCUT2D eigenvalue weighted by Gasteiger charge is 2.21. The minimum atomic E-state index is -0.425. The van der Waals surface area contributed by atoms with E-state index in [1.54, 1.807) is 0 Å². The Morgan fingerprint density at radius 2 is 1.70 bits per heavy atom. The smallest absolute Gasteiger partial charge is 0.229 e. The van der Waals surface area contributed by atoms with E-state index < -0.39 is 5.41 Å². The molecule has 7 heteroatoms. The molecule has 27 heavy (non-hydrogen) atoms. The molecule has 1 aliphatic heterocycles. The van der Waals surface area contributed by atoms with Crippen LogP contribution >= 0.6 is 0 Å². The van der Waals surface area contributed by atoms with Gasteiger partial charge in [0, 0.05) is 41.6 Å². The standard InChI is InChI=1S/C20H27N5O2/c1-14-13-17(24-19(21-14)25-9-11-27-12-10-25)22-15-5-7-16(8-6-15)23-18(26)20(2,3)4/h5-8,13H,9-12H2,1-4H3,(H,23,26)(H,21,22,24). The van der Waals surface area contributed by atoms with Gasteiger partial charge in [0.2, 0.25) is 11.9 Å². The van der Waals surface area contributed by atoms with Gasteiger partial charge in [-0.1, -0.05) is 20.8 Å². The van der Waals surface area contributed by atoms with Crippen LogP contribution in [0, 0.1) is 12.3 Å². The second kappa shape index (κ2) is 7.92. The number of carbonyl (C=O) groups is 1. The van der Waals surface area contributed by atoms with E-state index in [9.17, 15) is 4.79 Å². The zero-order valence-corrected chi connectivity index (χ0v) is 16.4. The van der Waals surface area contributed by atoms with Crippen LogP contribution in [0.4, 0.5) is 23.1 Å². The summed E-state index contributed by atoms with van der Waals surface area (Å²) in [5.74, 6) is 1.45. The second-order valence-electron chi connectivity index (χ2n) is 7.70. The van der Waals surface area contributed by atoms with Gasteiger partial charge < -0.3 is 20.3 Å². The van der Waals surface area contributed by atoms with E-state index in [1.807, 2.05) is 58.0 Å². The predicted octanol–water partition coefficient (Wildman–Crippen LogP) is 3.35. The zero-order chi connectivity index (χ0) is 19.4. The molecule has 1 aliphatic rings. The van der Waals surface area contributed by atoms with E-state index in [2.05, 4.69) is 25.5 Å². The van der Waals surface area contributed by atoms with E-state index in [-0.39, 0.29) is 5.91 Å². The highest BCUT2D eigenvalue weighted by atomic mass is 16.5. The van der Waals surface area contributed by atoms with Gasteiger partial charge in [-0.05, 0) is 31.2 Å². The fraction of sp³-hybridized carbons (Fsp3) is 0.450. The number of aryl methyl sites for hydroxylation is 1. The molecule has 2 aromatic rings. The van der Waals surface area contributed by atoms with Crippen LogP contribution in [0.3, 0.4) is 0 Å². The van der Waals surface area contributed by atoms with Crippen molar-refractivity contribution in [2.24, 2.45) is 5.41 Å². The summed E-state index contributed by atoms with van der Waals surface area (Å²) in [6.07, 6.45) is 0. The van der Waals surface area contributed by atoms with Gasteiger partial charge in [-0.25, -0.2) is 4.98 Å². The highest BCUT2D eigenvalue weighted by Crippen LogP contribution is 2.22. The number of hydrogen-bond acceptors (Lipinski definition) is 6. The minimum Gasteiger partial charge on any atom is -0.378 e. The summed E-state index contributed by atoms with van der Waals surface area (Å²) >= 11 is 0. The molecular weight excluding hydrogens is 342 g/mol. The fourth-order valence-corrected chi connectivity index (χ4v) is 2.63. The lowest BCUT2D eigenvalue weighted by Crippen LogP contribution is -2.37. The number of amides is 1. The van der Waals surface area contributed by atoms with Crippen LogP contribution in [0.1, 0.15) is 26.5 Å². The molecule has 0 atom stereocenters. The summed E-state index contributed by atoms with van der Waals surface area (Å²) in [7, 11) is 0. The van der Waals surface area contributed by atoms with Crippen molar-refractivity contribution < 1.29 is 9.53 Å². The van der Waals surface area contributed by atoms with Crippen LogP contribution in [0.2, 0.25) is 0 Å². The molecule has 144 valence electrons. The molecule has 2 heterocycles. The molecule has 0 spiro atoms. The summed E-state index contributed by atoms with van der Waals surface area (Å²) in [4.78, 5) is 23.4. The van der Waals surface area contributed by atoms with Gasteiger partial charge in [0.15, 0.2) is 0 Å². The molecular formula is C20H27N5O2. The van der Waals surface area contributed by atoms with Crippen LogP contribution in [0.25, 0.3) is 0 Å². The topological polar surface area (TPSA) is 79.4 Å². The average molecular weight is 369 g/mol. The van der Waals surface area contributed by atoms with E-state index in [0.717, 1.165) is 41.9 Å². The molecule has 1 amide bonds. The van der Waals surface area contributed by atoms with Crippen molar-refractivity contribution in [3.05, 3.63) is 36.0 Å². The number of aromatic nitrogens is 2. The third-order valence-electron chi connectivity index (χ3n) is 4.23. The fourth-order valence-electron chi connectivity index (χ4n) is 2.63. The lowest BCUT2D eigenvalue weighted by Gasteiger charge is -2.27. The number of morpholine rings is 1. The maximum atomic E-state index is 12.1. The van der Waals surface area contributed by atoms with Gasteiger partial charge in [-0.3, -0.25) is 4.79 Å². The van der Waals surface area contributed by atoms with Crippen LogP contribution in [0.15, 0.2) is 30.3 Å². The molecule has 2 N–H and O–H groups in total. The summed E-state index contributed by atoms with van der Waals surface area (Å²) < 4.78 is 5.39. The second-order valence-corrected chi connectivity index (χ2v) is 7.70. The third-order valence-corrected chi connectivity index (χ3v) is 4.23. The van der Waals surface area contributed by atoms with Crippen molar-refractivity contribution in [1.82, 2.24) is 9.97 Å². The Hall–Kier alpha value is -2.67. The van der Waals surface area contributed by atoms with E-state index in [4.69, 9.17) is 4.74 Å².